The number of amides is 2. The molecule has 82 valence electrons. The van der Waals surface area contributed by atoms with Gasteiger partial charge in [0.1, 0.15) is 6.61 Å². The van der Waals surface area contributed by atoms with Crippen LogP contribution in [0, 0.1) is 0 Å². The minimum absolute atomic E-state index is 0.153. The molecule has 0 aromatic carbocycles. The number of hydrogen-bond donors (Lipinski definition) is 3. The number of hydrogen-bond acceptors (Lipinski definition) is 5. The van der Waals surface area contributed by atoms with Gasteiger partial charge in [0.2, 0.25) is 5.91 Å². The fourth-order valence-corrected chi connectivity index (χ4v) is 0.811. The van der Waals surface area contributed by atoms with Crippen LogP contribution < -0.4 is 11.1 Å². The van der Waals surface area contributed by atoms with Crippen LogP contribution in [0.1, 0.15) is 10.5 Å². The highest BCUT2D eigenvalue weighted by Crippen LogP contribution is 1.86. The number of rotatable bonds is 6. The third kappa shape index (κ3) is 4.18. The highest BCUT2D eigenvalue weighted by molar-refractivity contribution is 5.91. The lowest BCUT2D eigenvalue weighted by Crippen LogP contribution is -2.29. The van der Waals surface area contributed by atoms with E-state index in [1.165, 1.54) is 6.20 Å². The number of aromatic nitrogens is 3. The summed E-state index contributed by atoms with van der Waals surface area (Å²) >= 11 is 0. The minimum atomic E-state index is -0.544. The van der Waals surface area contributed by atoms with Crippen LogP contribution in [0.15, 0.2) is 6.20 Å². The Balaban J connectivity index is 2.10. The van der Waals surface area contributed by atoms with E-state index in [0.717, 1.165) is 0 Å². The maximum atomic E-state index is 11.2. The quantitative estimate of drug-likeness (QED) is 0.473. The molecular weight excluding hydrogens is 202 g/mol. The molecule has 0 saturated heterocycles. The zero-order valence-electron chi connectivity index (χ0n) is 7.90. The average Bonchev–Trinajstić information content (AvgIpc) is 2.69. The maximum absolute atomic E-state index is 11.2. The molecule has 8 heteroatoms. The van der Waals surface area contributed by atoms with Crippen molar-refractivity contribution >= 4 is 11.8 Å². The first-order valence-corrected chi connectivity index (χ1v) is 4.20. The molecule has 0 aliphatic carbocycles. The summed E-state index contributed by atoms with van der Waals surface area (Å²) in [7, 11) is 0. The summed E-state index contributed by atoms with van der Waals surface area (Å²) in [5, 5.41) is 11.9. The first-order valence-electron chi connectivity index (χ1n) is 4.20. The fourth-order valence-electron chi connectivity index (χ4n) is 0.811. The molecule has 1 aromatic rings. The number of carbonyl (C=O) groups excluding carboxylic acids is 2. The zero-order chi connectivity index (χ0) is 11.1. The Hall–Kier alpha value is -1.96. The van der Waals surface area contributed by atoms with E-state index in [2.05, 4.69) is 20.7 Å². The number of H-pyrrole nitrogens is 1. The summed E-state index contributed by atoms with van der Waals surface area (Å²) in [6, 6.07) is 0. The average molecular weight is 213 g/mol. The normalized spacial score (nSPS) is 9.87. The summed E-state index contributed by atoms with van der Waals surface area (Å²) < 4.78 is 4.83. The number of ether oxygens (including phenoxy) is 1. The van der Waals surface area contributed by atoms with Crippen molar-refractivity contribution in [3.63, 3.8) is 0 Å². The molecule has 0 radical (unpaired) electrons. The Bertz CT molecular complexity index is 323. The fraction of sp³-hybridized carbons (Fsp3) is 0.429. The smallest absolute Gasteiger partial charge is 0.273 e. The van der Waals surface area contributed by atoms with Crippen LogP contribution in [0.2, 0.25) is 0 Å². The van der Waals surface area contributed by atoms with Crippen LogP contribution in [-0.4, -0.2) is 47.0 Å². The van der Waals surface area contributed by atoms with E-state index in [1.807, 2.05) is 0 Å². The van der Waals surface area contributed by atoms with Gasteiger partial charge in [-0.05, 0) is 0 Å². The van der Waals surface area contributed by atoms with E-state index in [0.29, 0.717) is 0 Å². The van der Waals surface area contributed by atoms with Gasteiger partial charge in [-0.1, -0.05) is 0 Å². The van der Waals surface area contributed by atoms with Gasteiger partial charge >= 0.3 is 0 Å². The highest BCUT2D eigenvalue weighted by Gasteiger charge is 2.06. The van der Waals surface area contributed by atoms with Crippen LogP contribution in [0.5, 0.6) is 0 Å². The van der Waals surface area contributed by atoms with Gasteiger partial charge in [0.05, 0.1) is 12.8 Å². The van der Waals surface area contributed by atoms with Gasteiger partial charge in [0.25, 0.3) is 5.91 Å². The Morgan fingerprint density at radius 3 is 3.00 bits per heavy atom. The lowest BCUT2D eigenvalue weighted by Gasteiger charge is -2.02. The van der Waals surface area contributed by atoms with Crippen molar-refractivity contribution < 1.29 is 14.3 Å². The van der Waals surface area contributed by atoms with Gasteiger partial charge in [0, 0.05) is 6.54 Å². The first kappa shape index (κ1) is 11.1. The Labute approximate surface area is 85.2 Å². The number of aromatic amines is 1. The number of nitrogens with zero attached hydrogens (tertiary/aromatic N) is 2. The second-order valence-corrected chi connectivity index (χ2v) is 2.63. The highest BCUT2D eigenvalue weighted by atomic mass is 16.5. The lowest BCUT2D eigenvalue weighted by atomic mass is 10.4. The number of carbonyl (C=O) groups is 2. The molecule has 0 bridgehead atoms. The van der Waals surface area contributed by atoms with Crippen LogP contribution in [-0.2, 0) is 9.53 Å². The summed E-state index contributed by atoms with van der Waals surface area (Å²) in [5.74, 6) is -0.899. The molecule has 8 nitrogen and oxygen atoms in total. The summed E-state index contributed by atoms with van der Waals surface area (Å²) in [4.78, 5) is 21.5. The van der Waals surface area contributed by atoms with Crippen molar-refractivity contribution in [2.75, 3.05) is 19.8 Å². The number of nitrogens with two attached hydrogens (primary N) is 1. The molecule has 1 rings (SSSR count). The molecule has 4 N–H and O–H groups in total. The molecule has 0 aliphatic heterocycles. The van der Waals surface area contributed by atoms with Crippen molar-refractivity contribution in [3.05, 3.63) is 11.9 Å². The largest absolute Gasteiger partial charge is 0.370 e. The minimum Gasteiger partial charge on any atom is -0.370 e. The summed E-state index contributed by atoms with van der Waals surface area (Å²) in [6.45, 7) is 0.339. The van der Waals surface area contributed by atoms with Crippen molar-refractivity contribution in [2.45, 2.75) is 0 Å². The third-order valence-corrected chi connectivity index (χ3v) is 1.42. The van der Waals surface area contributed by atoms with E-state index < -0.39 is 5.91 Å². The topological polar surface area (TPSA) is 123 Å². The van der Waals surface area contributed by atoms with E-state index in [-0.39, 0.29) is 31.4 Å². The maximum Gasteiger partial charge on any atom is 0.273 e. The van der Waals surface area contributed by atoms with Crippen LogP contribution in [0.3, 0.4) is 0 Å². The second kappa shape index (κ2) is 5.70. The van der Waals surface area contributed by atoms with E-state index in [9.17, 15) is 9.59 Å². The predicted octanol–water partition coefficient (Wildman–Crippen LogP) is -1.96. The SMILES string of the molecule is NC(=O)COCCNC(=O)c1cn[nH]n1. The summed E-state index contributed by atoms with van der Waals surface area (Å²) in [5.41, 5.74) is 5.04. The molecule has 2 amide bonds. The standard InChI is InChI=1S/C7H11N5O3/c8-6(13)4-15-2-1-9-7(14)5-3-10-12-11-5/h3H,1-2,4H2,(H2,8,13)(H,9,14)(H,10,11,12). The molecule has 15 heavy (non-hydrogen) atoms. The third-order valence-electron chi connectivity index (χ3n) is 1.42. The van der Waals surface area contributed by atoms with Gasteiger partial charge in [-0.25, -0.2) is 0 Å². The monoisotopic (exact) mass is 213 g/mol. The first-order chi connectivity index (χ1) is 7.20. The predicted molar refractivity (Wildman–Crippen MR) is 48.7 cm³/mol. The Morgan fingerprint density at radius 2 is 2.40 bits per heavy atom. The molecule has 0 saturated carbocycles. The molecule has 0 atom stereocenters. The van der Waals surface area contributed by atoms with Gasteiger partial charge in [-0.15, -0.1) is 0 Å². The van der Waals surface area contributed by atoms with Crippen LogP contribution in [0.25, 0.3) is 0 Å². The second-order valence-electron chi connectivity index (χ2n) is 2.63. The summed E-state index contributed by atoms with van der Waals surface area (Å²) in [6.07, 6.45) is 1.31. The lowest BCUT2D eigenvalue weighted by molar-refractivity contribution is -0.122. The number of nitrogens with one attached hydrogen (secondary N) is 2. The van der Waals surface area contributed by atoms with Gasteiger partial charge < -0.3 is 15.8 Å². The van der Waals surface area contributed by atoms with E-state index >= 15 is 0 Å². The van der Waals surface area contributed by atoms with Crippen molar-refractivity contribution in [1.82, 2.24) is 20.7 Å². The van der Waals surface area contributed by atoms with E-state index in [4.69, 9.17) is 10.5 Å². The molecule has 0 aliphatic rings. The molecule has 0 spiro atoms. The van der Waals surface area contributed by atoms with E-state index in [1.54, 1.807) is 0 Å². The molecule has 0 unspecified atom stereocenters. The van der Waals surface area contributed by atoms with Gasteiger partial charge in [-0.2, -0.15) is 15.4 Å². The molecule has 1 aromatic heterocycles. The Kier molecular flexibility index (Phi) is 4.23. The number of primary amides is 1. The molecule has 0 fully saturated rings. The van der Waals surface area contributed by atoms with Crippen molar-refractivity contribution in [3.8, 4) is 0 Å². The molecule has 1 heterocycles. The molecular formula is C7H11N5O3. The van der Waals surface area contributed by atoms with Crippen LogP contribution >= 0.6 is 0 Å². The Morgan fingerprint density at radius 1 is 1.60 bits per heavy atom. The van der Waals surface area contributed by atoms with Crippen LogP contribution in [0.4, 0.5) is 0 Å². The zero-order valence-corrected chi connectivity index (χ0v) is 7.90. The van der Waals surface area contributed by atoms with Gasteiger partial charge in [-0.3, -0.25) is 9.59 Å². The van der Waals surface area contributed by atoms with Crippen molar-refractivity contribution in [2.24, 2.45) is 5.73 Å². The van der Waals surface area contributed by atoms with Gasteiger partial charge in [0.15, 0.2) is 5.69 Å². The van der Waals surface area contributed by atoms with Crippen molar-refractivity contribution in [1.29, 1.82) is 0 Å².